The SMILES string of the molecule is CCN(CC(=O)Nc1cc(-c2ccccc2)nn1-c1ccc(OC)cc1)C(=O)c1ccc(Br)cc1. The van der Waals surface area contributed by atoms with E-state index in [-0.39, 0.29) is 18.4 Å². The third-order valence-corrected chi connectivity index (χ3v) is 5.99. The number of benzene rings is 3. The van der Waals surface area contributed by atoms with Crippen LogP contribution in [0.15, 0.2) is 89.4 Å². The number of halogens is 1. The summed E-state index contributed by atoms with van der Waals surface area (Å²) in [5.41, 5.74) is 2.94. The third-order valence-electron chi connectivity index (χ3n) is 5.46. The van der Waals surface area contributed by atoms with E-state index in [0.717, 1.165) is 27.2 Å². The maximum absolute atomic E-state index is 13.0. The van der Waals surface area contributed by atoms with E-state index in [9.17, 15) is 9.59 Å². The second-order valence-electron chi connectivity index (χ2n) is 7.77. The van der Waals surface area contributed by atoms with Crippen LogP contribution in [0.3, 0.4) is 0 Å². The second-order valence-corrected chi connectivity index (χ2v) is 8.68. The standard InChI is InChI=1S/C27H25BrN4O3/c1-3-31(27(34)20-9-11-21(28)12-10-20)18-26(33)29-25-17-24(19-7-5-4-6-8-19)30-32(25)22-13-15-23(35-2)16-14-22/h4-17H,3,18H2,1-2H3,(H,29,33). The highest BCUT2D eigenvalue weighted by Gasteiger charge is 2.19. The van der Waals surface area contributed by atoms with Crippen molar-refractivity contribution in [2.45, 2.75) is 6.92 Å². The molecule has 0 radical (unpaired) electrons. The molecule has 8 heteroatoms. The number of methoxy groups -OCH3 is 1. The van der Waals surface area contributed by atoms with Crippen molar-refractivity contribution in [2.75, 3.05) is 25.5 Å². The van der Waals surface area contributed by atoms with Crippen molar-refractivity contribution in [3.8, 4) is 22.7 Å². The van der Waals surface area contributed by atoms with Crippen LogP contribution in [0.25, 0.3) is 16.9 Å². The van der Waals surface area contributed by atoms with Gasteiger partial charge in [-0.3, -0.25) is 9.59 Å². The number of ether oxygens (including phenoxy) is 1. The van der Waals surface area contributed by atoms with Crippen LogP contribution in [0.2, 0.25) is 0 Å². The number of anilines is 1. The lowest BCUT2D eigenvalue weighted by Crippen LogP contribution is -2.38. The molecule has 178 valence electrons. The Labute approximate surface area is 212 Å². The number of hydrogen-bond acceptors (Lipinski definition) is 4. The Balaban J connectivity index is 1.58. The minimum absolute atomic E-state index is 0.0835. The molecule has 4 aromatic rings. The molecule has 0 spiro atoms. The Morgan fingerprint density at radius 2 is 1.69 bits per heavy atom. The van der Waals surface area contributed by atoms with Gasteiger partial charge in [-0.1, -0.05) is 46.3 Å². The molecule has 7 nitrogen and oxygen atoms in total. The van der Waals surface area contributed by atoms with Gasteiger partial charge in [0.2, 0.25) is 5.91 Å². The van der Waals surface area contributed by atoms with Gasteiger partial charge in [-0.05, 0) is 55.5 Å². The molecule has 0 saturated heterocycles. The number of carbonyl (C=O) groups is 2. The molecule has 0 saturated carbocycles. The molecule has 1 heterocycles. The van der Waals surface area contributed by atoms with Crippen molar-refractivity contribution in [1.82, 2.24) is 14.7 Å². The quantitative estimate of drug-likeness (QED) is 0.329. The smallest absolute Gasteiger partial charge is 0.254 e. The van der Waals surface area contributed by atoms with Gasteiger partial charge in [0, 0.05) is 28.2 Å². The molecule has 0 unspecified atom stereocenters. The summed E-state index contributed by atoms with van der Waals surface area (Å²) in [5.74, 6) is 0.710. The maximum atomic E-state index is 13.0. The first-order valence-electron chi connectivity index (χ1n) is 11.1. The molecule has 1 N–H and O–H groups in total. The van der Waals surface area contributed by atoms with Crippen LogP contribution in [0, 0.1) is 0 Å². The Morgan fingerprint density at radius 3 is 2.31 bits per heavy atom. The highest BCUT2D eigenvalue weighted by atomic mass is 79.9. The highest BCUT2D eigenvalue weighted by molar-refractivity contribution is 9.10. The molecule has 0 aliphatic carbocycles. The average molecular weight is 533 g/mol. The van der Waals surface area contributed by atoms with Crippen LogP contribution in [-0.4, -0.2) is 46.7 Å². The topological polar surface area (TPSA) is 76.5 Å². The van der Waals surface area contributed by atoms with Gasteiger partial charge in [-0.25, -0.2) is 4.68 Å². The summed E-state index contributed by atoms with van der Waals surface area (Å²) in [6.45, 7) is 2.16. The fourth-order valence-electron chi connectivity index (χ4n) is 3.60. The number of likely N-dealkylation sites (N-methyl/N-ethyl adjacent to an activating group) is 1. The van der Waals surface area contributed by atoms with Crippen molar-refractivity contribution in [3.05, 3.63) is 95.0 Å². The van der Waals surface area contributed by atoms with Crippen molar-refractivity contribution in [1.29, 1.82) is 0 Å². The zero-order valence-electron chi connectivity index (χ0n) is 19.4. The maximum Gasteiger partial charge on any atom is 0.254 e. The van der Waals surface area contributed by atoms with Gasteiger partial charge in [-0.15, -0.1) is 0 Å². The van der Waals surface area contributed by atoms with Crippen LogP contribution in [0.4, 0.5) is 5.82 Å². The summed E-state index contributed by atoms with van der Waals surface area (Å²) in [4.78, 5) is 27.4. The molecule has 0 bridgehead atoms. The van der Waals surface area contributed by atoms with Crippen LogP contribution in [0.1, 0.15) is 17.3 Å². The number of aromatic nitrogens is 2. The molecule has 0 aliphatic heterocycles. The Kier molecular flexibility index (Phi) is 7.62. The highest BCUT2D eigenvalue weighted by Crippen LogP contribution is 2.26. The lowest BCUT2D eigenvalue weighted by molar-refractivity contribution is -0.116. The van der Waals surface area contributed by atoms with Crippen molar-refractivity contribution < 1.29 is 14.3 Å². The summed E-state index contributed by atoms with van der Waals surface area (Å²) in [6, 6.07) is 26.0. The Hall–Kier alpha value is -3.91. The van der Waals surface area contributed by atoms with Crippen molar-refractivity contribution >= 4 is 33.6 Å². The van der Waals surface area contributed by atoms with Crippen molar-refractivity contribution in [2.24, 2.45) is 0 Å². The van der Waals surface area contributed by atoms with E-state index in [2.05, 4.69) is 21.2 Å². The van der Waals surface area contributed by atoms with Gasteiger partial charge < -0.3 is 15.0 Å². The predicted octanol–water partition coefficient (Wildman–Crippen LogP) is 5.41. The van der Waals surface area contributed by atoms with Crippen LogP contribution in [-0.2, 0) is 4.79 Å². The fraction of sp³-hybridized carbons (Fsp3) is 0.148. The molecule has 4 rings (SSSR count). The first-order chi connectivity index (χ1) is 17.0. The van der Waals surface area contributed by atoms with E-state index >= 15 is 0 Å². The van der Waals surface area contributed by atoms with E-state index < -0.39 is 0 Å². The van der Waals surface area contributed by atoms with E-state index in [0.29, 0.717) is 17.9 Å². The second kappa shape index (κ2) is 11.0. The van der Waals surface area contributed by atoms with Crippen LogP contribution >= 0.6 is 15.9 Å². The largest absolute Gasteiger partial charge is 0.497 e. The fourth-order valence-corrected chi connectivity index (χ4v) is 3.86. The minimum Gasteiger partial charge on any atom is -0.497 e. The Morgan fingerprint density at radius 1 is 1.00 bits per heavy atom. The van der Waals surface area contributed by atoms with E-state index in [1.54, 1.807) is 36.1 Å². The van der Waals surface area contributed by atoms with Gasteiger partial charge in [0.05, 0.1) is 18.5 Å². The molecule has 0 fully saturated rings. The normalized spacial score (nSPS) is 10.6. The number of nitrogens with zero attached hydrogens (tertiary/aromatic N) is 3. The van der Waals surface area contributed by atoms with Crippen LogP contribution in [0.5, 0.6) is 5.75 Å². The molecule has 1 aromatic heterocycles. The number of amides is 2. The Bertz CT molecular complexity index is 1300. The molecular formula is C27H25BrN4O3. The van der Waals surface area contributed by atoms with Crippen LogP contribution < -0.4 is 10.1 Å². The lowest BCUT2D eigenvalue weighted by Gasteiger charge is -2.20. The van der Waals surface area contributed by atoms with E-state index in [1.807, 2.05) is 67.6 Å². The summed E-state index contributed by atoms with van der Waals surface area (Å²) in [7, 11) is 1.61. The monoisotopic (exact) mass is 532 g/mol. The third kappa shape index (κ3) is 5.78. The summed E-state index contributed by atoms with van der Waals surface area (Å²) < 4.78 is 7.81. The molecule has 2 amide bonds. The number of carbonyl (C=O) groups excluding carboxylic acids is 2. The summed E-state index contributed by atoms with van der Waals surface area (Å²) in [5, 5.41) is 7.66. The lowest BCUT2D eigenvalue weighted by atomic mass is 10.1. The van der Waals surface area contributed by atoms with Gasteiger partial charge in [0.25, 0.3) is 5.91 Å². The summed E-state index contributed by atoms with van der Waals surface area (Å²) >= 11 is 3.37. The molecule has 0 atom stereocenters. The number of hydrogen-bond donors (Lipinski definition) is 1. The molecule has 35 heavy (non-hydrogen) atoms. The summed E-state index contributed by atoms with van der Waals surface area (Å²) in [6.07, 6.45) is 0. The molecule has 3 aromatic carbocycles. The molecule has 0 aliphatic rings. The van der Waals surface area contributed by atoms with Gasteiger partial charge in [0.15, 0.2) is 0 Å². The zero-order valence-corrected chi connectivity index (χ0v) is 21.0. The van der Waals surface area contributed by atoms with Gasteiger partial charge in [-0.2, -0.15) is 5.10 Å². The number of rotatable bonds is 8. The first-order valence-corrected chi connectivity index (χ1v) is 11.9. The van der Waals surface area contributed by atoms with E-state index in [1.165, 1.54) is 4.90 Å². The first kappa shape index (κ1) is 24.2. The zero-order chi connectivity index (χ0) is 24.8. The number of nitrogens with one attached hydrogen (secondary N) is 1. The molecular weight excluding hydrogens is 508 g/mol. The van der Waals surface area contributed by atoms with Gasteiger partial charge in [0.1, 0.15) is 18.1 Å². The van der Waals surface area contributed by atoms with Crippen molar-refractivity contribution in [3.63, 3.8) is 0 Å². The van der Waals surface area contributed by atoms with E-state index in [4.69, 9.17) is 9.84 Å². The minimum atomic E-state index is -0.313. The van der Waals surface area contributed by atoms with Gasteiger partial charge >= 0.3 is 0 Å². The average Bonchev–Trinajstić information content (AvgIpc) is 3.31. The predicted molar refractivity (Wildman–Crippen MR) is 140 cm³/mol.